The zero-order valence-electron chi connectivity index (χ0n) is 37.5. The molecular formula is C66H42N2O. The van der Waals surface area contributed by atoms with Crippen molar-refractivity contribution < 1.29 is 4.42 Å². The molecule has 3 aliphatic carbocycles. The molecule has 0 saturated carbocycles. The fourth-order valence-electron chi connectivity index (χ4n) is 12.9. The van der Waals surface area contributed by atoms with Crippen LogP contribution in [-0.2, 0) is 10.8 Å². The number of benzene rings is 10. The van der Waals surface area contributed by atoms with Crippen molar-refractivity contribution in [3.63, 3.8) is 0 Å². The van der Waals surface area contributed by atoms with Gasteiger partial charge in [-0.05, 0) is 101 Å². The molecule has 11 aromatic rings. The maximum atomic E-state index is 7.03. The molecule has 1 unspecified atom stereocenters. The topological polar surface area (TPSA) is 37.5 Å². The second-order valence-electron chi connectivity index (χ2n) is 18.8. The molecule has 1 atom stereocenters. The van der Waals surface area contributed by atoms with Gasteiger partial charge in [0.2, 0.25) is 0 Å². The van der Waals surface area contributed by atoms with E-state index in [1.807, 2.05) is 0 Å². The number of nitrogens with zero attached hydrogens (tertiary/aromatic N) is 1. The summed E-state index contributed by atoms with van der Waals surface area (Å²) in [5.41, 5.74) is 23.6. The van der Waals surface area contributed by atoms with E-state index < -0.39 is 10.8 Å². The van der Waals surface area contributed by atoms with Crippen LogP contribution in [0.3, 0.4) is 0 Å². The van der Waals surface area contributed by atoms with Crippen LogP contribution in [0.15, 0.2) is 252 Å². The summed E-state index contributed by atoms with van der Waals surface area (Å²) in [5, 5.41) is 6.06. The number of hydrogen-bond donors (Lipinski definition) is 1. The molecule has 0 radical (unpaired) electrons. The number of rotatable bonds is 4. The van der Waals surface area contributed by atoms with Crippen molar-refractivity contribution in [3.05, 3.63) is 304 Å². The number of hydrogen-bond acceptors (Lipinski definition) is 3. The SMILES string of the molecule is C1=C(c2ccccc2)NC(c2ccc(-c3cccc4c3C3(c5ccccc5C5(c6ccccc6-c6ccccc65)c5ccccc53)c3ccc5c(oc6ccccc65)c3-4)cc2)N=C1c1ccccc1. The number of furan rings is 1. The Morgan fingerprint density at radius 1 is 0.377 bits per heavy atom. The zero-order chi connectivity index (χ0) is 45.3. The lowest BCUT2D eigenvalue weighted by Gasteiger charge is -2.49. The molecule has 10 aromatic carbocycles. The number of fused-ring (bicyclic) bond motifs is 20. The van der Waals surface area contributed by atoms with Crippen molar-refractivity contribution >= 4 is 33.3 Å². The molecule has 1 aliphatic heterocycles. The second kappa shape index (κ2) is 14.4. The Kier molecular flexibility index (Phi) is 7.98. The van der Waals surface area contributed by atoms with Crippen LogP contribution >= 0.6 is 0 Å². The highest BCUT2D eigenvalue weighted by Crippen LogP contribution is 2.69. The molecule has 3 heteroatoms. The Labute approximate surface area is 400 Å². The first kappa shape index (κ1) is 38.3. The lowest BCUT2D eigenvalue weighted by Crippen LogP contribution is -2.44. The monoisotopic (exact) mass is 878 g/mol. The minimum Gasteiger partial charge on any atom is -0.455 e. The largest absolute Gasteiger partial charge is 0.455 e. The van der Waals surface area contributed by atoms with Crippen molar-refractivity contribution in [2.45, 2.75) is 17.0 Å². The Hall–Kier alpha value is -8.79. The third-order valence-electron chi connectivity index (χ3n) is 15.6. The van der Waals surface area contributed by atoms with Gasteiger partial charge in [0.1, 0.15) is 17.3 Å². The van der Waals surface area contributed by atoms with Crippen LogP contribution in [-0.4, -0.2) is 5.71 Å². The van der Waals surface area contributed by atoms with E-state index >= 15 is 0 Å². The first-order valence-electron chi connectivity index (χ1n) is 24.0. The average Bonchev–Trinajstić information content (AvgIpc) is 4.06. The number of allylic oxidation sites excluding steroid dienone is 1. The molecule has 3 nitrogen and oxygen atoms in total. The minimum absolute atomic E-state index is 0.279. The maximum absolute atomic E-state index is 7.03. The molecule has 0 saturated heterocycles. The maximum Gasteiger partial charge on any atom is 0.145 e. The molecule has 1 aromatic heterocycles. The molecular weight excluding hydrogens is 837 g/mol. The van der Waals surface area contributed by atoms with Crippen molar-refractivity contribution in [3.8, 4) is 33.4 Å². The van der Waals surface area contributed by atoms with Crippen LogP contribution in [0.5, 0.6) is 0 Å². The third kappa shape index (κ3) is 5.09. The van der Waals surface area contributed by atoms with Crippen molar-refractivity contribution in [1.82, 2.24) is 5.32 Å². The van der Waals surface area contributed by atoms with E-state index in [0.29, 0.717) is 0 Å². The van der Waals surface area contributed by atoms with Gasteiger partial charge in [0.25, 0.3) is 0 Å². The third-order valence-corrected chi connectivity index (χ3v) is 15.6. The smallest absolute Gasteiger partial charge is 0.145 e. The first-order valence-corrected chi connectivity index (χ1v) is 24.0. The molecule has 0 bridgehead atoms. The van der Waals surface area contributed by atoms with Crippen LogP contribution in [0.2, 0.25) is 0 Å². The highest BCUT2D eigenvalue weighted by atomic mass is 16.3. The van der Waals surface area contributed by atoms with Crippen LogP contribution in [0.1, 0.15) is 67.4 Å². The van der Waals surface area contributed by atoms with Crippen molar-refractivity contribution in [1.29, 1.82) is 0 Å². The van der Waals surface area contributed by atoms with Crippen LogP contribution in [0.25, 0.3) is 61.0 Å². The van der Waals surface area contributed by atoms with Gasteiger partial charge < -0.3 is 9.73 Å². The summed E-state index contributed by atoms with van der Waals surface area (Å²) < 4.78 is 7.03. The Morgan fingerprint density at radius 3 is 1.58 bits per heavy atom. The van der Waals surface area contributed by atoms with Gasteiger partial charge in [-0.1, -0.05) is 231 Å². The Balaban J connectivity index is 0.987. The number of nitrogens with one attached hydrogen (secondary N) is 1. The van der Waals surface area contributed by atoms with Crippen molar-refractivity contribution in [2.75, 3.05) is 0 Å². The Bertz CT molecular complexity index is 3890. The van der Waals surface area contributed by atoms with E-state index in [1.54, 1.807) is 0 Å². The molecule has 69 heavy (non-hydrogen) atoms. The van der Waals surface area contributed by atoms with Crippen LogP contribution < -0.4 is 5.32 Å². The predicted octanol–water partition coefficient (Wildman–Crippen LogP) is 15.4. The van der Waals surface area contributed by atoms with E-state index in [1.165, 1.54) is 72.3 Å². The van der Waals surface area contributed by atoms with Gasteiger partial charge >= 0.3 is 0 Å². The summed E-state index contributed by atoms with van der Waals surface area (Å²) in [7, 11) is 0. The number of para-hydroxylation sites is 1. The predicted molar refractivity (Wildman–Crippen MR) is 281 cm³/mol. The highest BCUT2D eigenvalue weighted by molar-refractivity contribution is 6.14. The van der Waals surface area contributed by atoms with Crippen LogP contribution in [0, 0.1) is 0 Å². The van der Waals surface area contributed by atoms with Gasteiger partial charge in [0.05, 0.1) is 16.5 Å². The highest BCUT2D eigenvalue weighted by Gasteiger charge is 2.59. The summed E-state index contributed by atoms with van der Waals surface area (Å²) in [6, 6.07) is 87.2. The fraction of sp³-hybridized carbons (Fsp3) is 0.0455. The molecule has 0 amide bonds. The summed E-state index contributed by atoms with van der Waals surface area (Å²) >= 11 is 0. The quantitative estimate of drug-likeness (QED) is 0.191. The molecule has 2 spiro atoms. The molecule has 0 fully saturated rings. The van der Waals surface area contributed by atoms with Gasteiger partial charge in [-0.3, -0.25) is 4.99 Å². The lowest BCUT2D eigenvalue weighted by molar-refractivity contribution is 0.632. The summed E-state index contributed by atoms with van der Waals surface area (Å²) in [6.07, 6.45) is 1.89. The second-order valence-corrected chi connectivity index (χ2v) is 18.8. The Morgan fingerprint density at radius 2 is 0.913 bits per heavy atom. The lowest BCUT2D eigenvalue weighted by atomic mass is 9.52. The van der Waals surface area contributed by atoms with E-state index in [2.05, 4.69) is 248 Å². The zero-order valence-corrected chi connectivity index (χ0v) is 37.5. The van der Waals surface area contributed by atoms with Gasteiger partial charge in [-0.2, -0.15) is 0 Å². The fourth-order valence-corrected chi connectivity index (χ4v) is 12.9. The molecule has 1 N–H and O–H groups in total. The summed E-state index contributed by atoms with van der Waals surface area (Å²) in [4.78, 5) is 5.34. The normalized spacial score (nSPS) is 16.2. The summed E-state index contributed by atoms with van der Waals surface area (Å²) in [5.74, 6) is 0. The van der Waals surface area contributed by atoms with E-state index in [-0.39, 0.29) is 6.17 Å². The van der Waals surface area contributed by atoms with Gasteiger partial charge in [-0.15, -0.1) is 0 Å². The average molecular weight is 879 g/mol. The minimum atomic E-state index is -0.701. The van der Waals surface area contributed by atoms with Gasteiger partial charge in [0, 0.05) is 22.0 Å². The standard InChI is InChI=1S/C66H42N2O/c1-3-18-42(19-4-1)58-40-59(43-20-5-2-6-21-43)68-64(67-58)44-36-34-41(35-37-44)45-25-17-26-50-61-57(39-38-49-48-24-9-16-33-60(48)69-63(49)61)66(62(45)50)55-31-14-12-29-53(55)65(54-30-13-15-32-56(54)66)51-27-10-7-22-46(51)47-23-8-11-28-52(47)65/h1-40,64,67H. The molecule has 322 valence electrons. The first-order chi connectivity index (χ1) is 34.2. The number of aliphatic imine (C=N–C) groups is 1. The van der Waals surface area contributed by atoms with Gasteiger partial charge in [-0.25, -0.2) is 0 Å². The summed E-state index contributed by atoms with van der Waals surface area (Å²) in [6.45, 7) is 0. The van der Waals surface area contributed by atoms with Crippen molar-refractivity contribution in [2.24, 2.45) is 4.99 Å². The van der Waals surface area contributed by atoms with Crippen LogP contribution in [0.4, 0.5) is 0 Å². The molecule has 4 aliphatic rings. The molecule has 15 rings (SSSR count). The molecule has 2 heterocycles. The van der Waals surface area contributed by atoms with E-state index in [9.17, 15) is 0 Å². The van der Waals surface area contributed by atoms with E-state index in [4.69, 9.17) is 9.41 Å². The van der Waals surface area contributed by atoms with Gasteiger partial charge in [0.15, 0.2) is 0 Å². The van der Waals surface area contributed by atoms with E-state index in [0.717, 1.165) is 55.6 Å².